The van der Waals surface area contributed by atoms with Crippen molar-refractivity contribution in [1.29, 1.82) is 0 Å². The molecule has 5 nitrogen and oxygen atoms in total. The molecule has 0 saturated carbocycles. The lowest BCUT2D eigenvalue weighted by Crippen LogP contribution is -2.36. The molecule has 22 heavy (non-hydrogen) atoms. The van der Waals surface area contributed by atoms with Crippen molar-refractivity contribution >= 4 is 11.9 Å². The van der Waals surface area contributed by atoms with Crippen LogP contribution in [0.3, 0.4) is 0 Å². The molecule has 0 N–H and O–H groups in total. The van der Waals surface area contributed by atoms with Crippen LogP contribution < -0.4 is 0 Å². The summed E-state index contributed by atoms with van der Waals surface area (Å²) >= 11 is 0. The van der Waals surface area contributed by atoms with Gasteiger partial charge in [-0.1, -0.05) is 24.3 Å². The van der Waals surface area contributed by atoms with Gasteiger partial charge >= 0.3 is 5.97 Å². The molecule has 5 heteroatoms. The molecule has 2 aromatic rings. The van der Waals surface area contributed by atoms with Crippen LogP contribution in [0.15, 0.2) is 48.8 Å². The number of amides is 1. The van der Waals surface area contributed by atoms with Gasteiger partial charge in [-0.3, -0.25) is 14.6 Å². The molecule has 0 saturated heterocycles. The van der Waals surface area contributed by atoms with Gasteiger partial charge in [-0.2, -0.15) is 0 Å². The molecule has 114 valence electrons. The average molecular weight is 298 g/mol. The summed E-state index contributed by atoms with van der Waals surface area (Å²) in [7, 11) is 1.31. The molecular weight excluding hydrogens is 280 g/mol. The van der Waals surface area contributed by atoms with Crippen molar-refractivity contribution in [3.05, 3.63) is 65.5 Å². The van der Waals surface area contributed by atoms with E-state index >= 15 is 0 Å². The van der Waals surface area contributed by atoms with Gasteiger partial charge in [-0.15, -0.1) is 0 Å². The van der Waals surface area contributed by atoms with Crippen LogP contribution >= 0.6 is 0 Å². The number of aryl methyl sites for hydroxylation is 1. The first-order valence-corrected chi connectivity index (χ1v) is 6.92. The van der Waals surface area contributed by atoms with Crippen LogP contribution in [0.25, 0.3) is 0 Å². The van der Waals surface area contributed by atoms with Crippen LogP contribution in [-0.4, -0.2) is 35.4 Å². The molecule has 0 aliphatic carbocycles. The van der Waals surface area contributed by atoms with Crippen molar-refractivity contribution in [2.24, 2.45) is 0 Å². The van der Waals surface area contributed by atoms with E-state index in [1.165, 1.54) is 18.2 Å². The van der Waals surface area contributed by atoms with Gasteiger partial charge in [0.05, 0.1) is 12.7 Å². The minimum atomic E-state index is -0.453. The van der Waals surface area contributed by atoms with Crippen molar-refractivity contribution in [1.82, 2.24) is 9.88 Å². The standard InChI is InChI=1S/C17H18N2O3/c1-13-6-3-4-7-15(13)11-19(12-16(20)22-2)17(21)14-8-5-9-18-10-14/h3-10H,11-12H2,1-2H3. The maximum atomic E-state index is 12.6. The lowest BCUT2D eigenvalue weighted by molar-refractivity contribution is -0.141. The number of pyridine rings is 1. The third-order valence-corrected chi connectivity index (χ3v) is 3.37. The SMILES string of the molecule is COC(=O)CN(Cc1ccccc1C)C(=O)c1cccnc1. The number of carbonyl (C=O) groups excluding carboxylic acids is 2. The third kappa shape index (κ3) is 3.91. The fraction of sp³-hybridized carbons (Fsp3) is 0.235. The summed E-state index contributed by atoms with van der Waals surface area (Å²) < 4.78 is 4.69. The highest BCUT2D eigenvalue weighted by atomic mass is 16.5. The summed E-state index contributed by atoms with van der Waals surface area (Å²) in [4.78, 5) is 29.6. The van der Waals surface area contributed by atoms with Crippen molar-refractivity contribution in [2.75, 3.05) is 13.7 Å². The number of hydrogen-bond acceptors (Lipinski definition) is 4. The first kappa shape index (κ1) is 15.7. The molecule has 1 amide bonds. The monoisotopic (exact) mass is 298 g/mol. The molecular formula is C17H18N2O3. The Bertz CT molecular complexity index is 656. The van der Waals surface area contributed by atoms with Gasteiger partial charge in [-0.05, 0) is 30.2 Å². The van der Waals surface area contributed by atoms with Gasteiger partial charge < -0.3 is 9.64 Å². The van der Waals surface area contributed by atoms with E-state index in [2.05, 4.69) is 9.72 Å². The second kappa shape index (κ2) is 7.36. The van der Waals surface area contributed by atoms with Crippen LogP contribution in [0.1, 0.15) is 21.5 Å². The topological polar surface area (TPSA) is 59.5 Å². The van der Waals surface area contributed by atoms with Gasteiger partial charge in [0.25, 0.3) is 5.91 Å². The predicted octanol–water partition coefficient (Wildman–Crippen LogP) is 2.21. The average Bonchev–Trinajstić information content (AvgIpc) is 2.56. The highest BCUT2D eigenvalue weighted by Gasteiger charge is 2.20. The van der Waals surface area contributed by atoms with Crippen LogP contribution in [0.5, 0.6) is 0 Å². The number of carbonyl (C=O) groups is 2. The number of esters is 1. The van der Waals surface area contributed by atoms with Crippen molar-refractivity contribution in [3.63, 3.8) is 0 Å². The zero-order chi connectivity index (χ0) is 15.9. The van der Waals surface area contributed by atoms with Crippen LogP contribution in [0.2, 0.25) is 0 Å². The van der Waals surface area contributed by atoms with Crippen molar-refractivity contribution in [2.45, 2.75) is 13.5 Å². The Morgan fingerprint density at radius 1 is 1.18 bits per heavy atom. The van der Waals surface area contributed by atoms with E-state index in [9.17, 15) is 9.59 Å². The van der Waals surface area contributed by atoms with E-state index in [0.29, 0.717) is 12.1 Å². The molecule has 0 bridgehead atoms. The Kier molecular flexibility index (Phi) is 5.25. The number of methoxy groups -OCH3 is 1. The fourth-order valence-electron chi connectivity index (χ4n) is 2.08. The normalized spacial score (nSPS) is 10.1. The molecule has 0 unspecified atom stereocenters. The summed E-state index contributed by atoms with van der Waals surface area (Å²) in [5, 5.41) is 0. The highest BCUT2D eigenvalue weighted by molar-refractivity contribution is 5.95. The van der Waals surface area contributed by atoms with Gasteiger partial charge in [0.15, 0.2) is 0 Å². The Morgan fingerprint density at radius 3 is 2.59 bits per heavy atom. The van der Waals surface area contributed by atoms with Gasteiger partial charge in [-0.25, -0.2) is 0 Å². The van der Waals surface area contributed by atoms with Gasteiger partial charge in [0.1, 0.15) is 6.54 Å². The van der Waals surface area contributed by atoms with Gasteiger partial charge in [0.2, 0.25) is 0 Å². The largest absolute Gasteiger partial charge is 0.468 e. The first-order chi connectivity index (χ1) is 10.6. The fourth-order valence-corrected chi connectivity index (χ4v) is 2.08. The number of ether oxygens (including phenoxy) is 1. The Morgan fingerprint density at radius 2 is 1.95 bits per heavy atom. The summed E-state index contributed by atoms with van der Waals surface area (Å²) in [6.07, 6.45) is 3.09. The Hall–Kier alpha value is -2.69. The van der Waals surface area contributed by atoms with E-state index in [-0.39, 0.29) is 12.5 Å². The molecule has 0 atom stereocenters. The molecule has 0 aliphatic heterocycles. The number of aromatic nitrogens is 1. The summed E-state index contributed by atoms with van der Waals surface area (Å²) in [5.74, 6) is -0.701. The minimum Gasteiger partial charge on any atom is -0.468 e. The molecule has 0 spiro atoms. The first-order valence-electron chi connectivity index (χ1n) is 6.92. The third-order valence-electron chi connectivity index (χ3n) is 3.37. The summed E-state index contributed by atoms with van der Waals surface area (Å²) in [6, 6.07) is 11.1. The van der Waals surface area contributed by atoms with Crippen molar-refractivity contribution < 1.29 is 14.3 Å². The molecule has 1 heterocycles. The second-order valence-electron chi connectivity index (χ2n) is 4.91. The predicted molar refractivity (Wildman–Crippen MR) is 82.2 cm³/mol. The molecule has 1 aromatic carbocycles. The molecule has 0 radical (unpaired) electrons. The van der Waals surface area contributed by atoms with E-state index in [1.807, 2.05) is 31.2 Å². The Balaban J connectivity index is 2.25. The van der Waals surface area contributed by atoms with E-state index < -0.39 is 5.97 Å². The zero-order valence-electron chi connectivity index (χ0n) is 12.7. The Labute approximate surface area is 129 Å². The number of benzene rings is 1. The number of hydrogen-bond donors (Lipinski definition) is 0. The minimum absolute atomic E-state index is 0.0986. The van der Waals surface area contributed by atoms with Crippen LogP contribution in [-0.2, 0) is 16.1 Å². The smallest absolute Gasteiger partial charge is 0.325 e. The quantitative estimate of drug-likeness (QED) is 0.794. The molecule has 0 fully saturated rings. The molecule has 1 aromatic heterocycles. The summed E-state index contributed by atoms with van der Waals surface area (Å²) in [5.41, 5.74) is 2.50. The lowest BCUT2D eigenvalue weighted by Gasteiger charge is -2.22. The summed E-state index contributed by atoms with van der Waals surface area (Å²) in [6.45, 7) is 2.22. The van der Waals surface area contributed by atoms with Crippen LogP contribution in [0.4, 0.5) is 0 Å². The highest BCUT2D eigenvalue weighted by Crippen LogP contribution is 2.13. The zero-order valence-corrected chi connectivity index (χ0v) is 12.7. The maximum Gasteiger partial charge on any atom is 0.325 e. The lowest BCUT2D eigenvalue weighted by atomic mass is 10.1. The van der Waals surface area contributed by atoms with Crippen LogP contribution in [0, 0.1) is 6.92 Å². The molecule has 0 aliphatic rings. The number of nitrogens with zero attached hydrogens (tertiary/aromatic N) is 2. The van der Waals surface area contributed by atoms with E-state index in [1.54, 1.807) is 18.3 Å². The maximum absolute atomic E-state index is 12.6. The van der Waals surface area contributed by atoms with Crippen molar-refractivity contribution in [3.8, 4) is 0 Å². The van der Waals surface area contributed by atoms with Gasteiger partial charge in [0, 0.05) is 18.9 Å². The second-order valence-corrected chi connectivity index (χ2v) is 4.91. The van der Waals surface area contributed by atoms with E-state index in [4.69, 9.17) is 0 Å². The molecule has 2 rings (SSSR count). The van der Waals surface area contributed by atoms with E-state index in [0.717, 1.165) is 11.1 Å². The number of rotatable bonds is 5.